The van der Waals surface area contributed by atoms with E-state index in [0.29, 0.717) is 11.3 Å². The van der Waals surface area contributed by atoms with Crippen LogP contribution in [0.15, 0.2) is 24.3 Å². The Morgan fingerprint density at radius 1 is 1.22 bits per heavy atom. The molecule has 1 amide bonds. The van der Waals surface area contributed by atoms with Crippen LogP contribution in [0.25, 0.3) is 0 Å². The van der Waals surface area contributed by atoms with E-state index in [1.165, 1.54) is 23.5 Å². The number of hydrogen-bond acceptors (Lipinski definition) is 5. The summed E-state index contributed by atoms with van der Waals surface area (Å²) in [4.78, 5) is 26.1. The number of piperidine rings is 1. The van der Waals surface area contributed by atoms with Crippen LogP contribution in [0, 0.1) is 0 Å². The normalized spacial score (nSPS) is 17.4. The largest absolute Gasteiger partial charge is 0.465 e. The number of anilines is 1. The minimum atomic E-state index is -3.56. The number of carbonyl (C=O) groups is 2. The van der Waals surface area contributed by atoms with Crippen molar-refractivity contribution in [1.29, 1.82) is 0 Å². The van der Waals surface area contributed by atoms with Crippen LogP contribution in [0.4, 0.5) is 5.69 Å². The van der Waals surface area contributed by atoms with Crippen LogP contribution < -0.4 is 4.31 Å². The quantitative estimate of drug-likeness (QED) is 0.661. The maximum Gasteiger partial charge on any atom is 0.337 e. The molecule has 8 heteroatoms. The van der Waals surface area contributed by atoms with Gasteiger partial charge in [0.1, 0.15) is 0 Å². The van der Waals surface area contributed by atoms with E-state index in [9.17, 15) is 18.0 Å². The Kier molecular flexibility index (Phi) is 7.24. The lowest BCUT2D eigenvalue weighted by Crippen LogP contribution is -2.44. The Balaban J connectivity index is 2.11. The molecule has 1 fully saturated rings. The molecule has 0 aromatic heterocycles. The zero-order chi connectivity index (χ0) is 20.0. The van der Waals surface area contributed by atoms with Crippen LogP contribution in [0.5, 0.6) is 0 Å². The van der Waals surface area contributed by atoms with Gasteiger partial charge in [-0.2, -0.15) is 0 Å². The summed E-state index contributed by atoms with van der Waals surface area (Å²) in [7, 11) is -2.27. The maximum atomic E-state index is 12.7. The van der Waals surface area contributed by atoms with Gasteiger partial charge < -0.3 is 9.64 Å². The minimum Gasteiger partial charge on any atom is -0.465 e. The Bertz CT molecular complexity index is 761. The van der Waals surface area contributed by atoms with Crippen LogP contribution >= 0.6 is 0 Å². The van der Waals surface area contributed by atoms with Crippen molar-refractivity contribution in [3.8, 4) is 0 Å². The van der Waals surface area contributed by atoms with E-state index >= 15 is 0 Å². The van der Waals surface area contributed by atoms with Gasteiger partial charge in [-0.3, -0.25) is 9.10 Å². The van der Waals surface area contributed by atoms with Gasteiger partial charge in [-0.05, 0) is 49.9 Å². The summed E-state index contributed by atoms with van der Waals surface area (Å²) in [5.74, 6) is -0.500. The van der Waals surface area contributed by atoms with Crippen molar-refractivity contribution in [3.63, 3.8) is 0 Å². The number of carbonyl (C=O) groups excluding carboxylic acids is 2. The molecule has 1 heterocycles. The first kappa shape index (κ1) is 21.2. The van der Waals surface area contributed by atoms with Gasteiger partial charge in [-0.1, -0.05) is 6.92 Å². The van der Waals surface area contributed by atoms with Gasteiger partial charge in [0.2, 0.25) is 15.9 Å². The lowest BCUT2D eigenvalue weighted by atomic mass is 9.99. The molecule has 0 spiro atoms. The van der Waals surface area contributed by atoms with Gasteiger partial charge in [-0.25, -0.2) is 13.2 Å². The number of rotatable bonds is 7. The molecule has 0 radical (unpaired) electrons. The zero-order valence-electron chi connectivity index (χ0n) is 16.2. The summed E-state index contributed by atoms with van der Waals surface area (Å²) in [5, 5.41) is 0. The lowest BCUT2D eigenvalue weighted by Gasteiger charge is -2.36. The van der Waals surface area contributed by atoms with Gasteiger partial charge in [0.05, 0.1) is 24.6 Å². The predicted octanol–water partition coefficient (Wildman–Crippen LogP) is 2.42. The highest BCUT2D eigenvalue weighted by Crippen LogP contribution is 2.22. The van der Waals surface area contributed by atoms with Crippen molar-refractivity contribution in [2.75, 3.05) is 30.8 Å². The van der Waals surface area contributed by atoms with Gasteiger partial charge in [0.15, 0.2) is 0 Å². The number of sulfonamides is 1. The van der Waals surface area contributed by atoms with E-state index in [1.807, 2.05) is 4.90 Å². The highest BCUT2D eigenvalue weighted by molar-refractivity contribution is 7.92. The lowest BCUT2D eigenvalue weighted by molar-refractivity contribution is -0.134. The van der Waals surface area contributed by atoms with Gasteiger partial charge in [0, 0.05) is 25.6 Å². The SMILES string of the molecule is CCC1CCCCN1C(=O)CCN(c1ccc(C(=O)OC)cc1)S(C)(=O)=O. The van der Waals surface area contributed by atoms with Crippen LogP contribution in [0.1, 0.15) is 49.4 Å². The second-order valence-corrected chi connectivity index (χ2v) is 8.68. The first-order valence-electron chi connectivity index (χ1n) is 9.23. The first-order valence-corrected chi connectivity index (χ1v) is 11.1. The first-order chi connectivity index (χ1) is 12.8. The summed E-state index contributed by atoms with van der Waals surface area (Å²) in [6.07, 6.45) is 5.28. The molecular weight excluding hydrogens is 368 g/mol. The second kappa shape index (κ2) is 9.21. The van der Waals surface area contributed by atoms with Gasteiger partial charge in [0.25, 0.3) is 0 Å². The number of ether oxygens (including phenoxy) is 1. The van der Waals surface area contributed by atoms with Crippen molar-refractivity contribution in [2.24, 2.45) is 0 Å². The Labute approximate surface area is 161 Å². The molecule has 0 aliphatic carbocycles. The number of hydrogen-bond donors (Lipinski definition) is 0. The molecule has 1 aromatic rings. The van der Waals surface area contributed by atoms with Crippen LogP contribution in [0.2, 0.25) is 0 Å². The molecule has 1 saturated heterocycles. The molecular formula is C19H28N2O5S. The standard InChI is InChI=1S/C19H28N2O5S/c1-4-16-7-5-6-13-20(16)18(22)12-14-21(27(3,24)25)17-10-8-15(9-11-17)19(23)26-2/h8-11,16H,4-7,12-14H2,1-3H3. The van der Waals surface area contributed by atoms with Gasteiger partial charge in [-0.15, -0.1) is 0 Å². The molecule has 27 heavy (non-hydrogen) atoms. The van der Waals surface area contributed by atoms with Gasteiger partial charge >= 0.3 is 5.97 Å². The third kappa shape index (κ3) is 5.45. The third-order valence-electron chi connectivity index (χ3n) is 4.92. The van der Waals surface area contributed by atoms with E-state index in [1.54, 1.807) is 12.1 Å². The third-order valence-corrected chi connectivity index (χ3v) is 6.12. The zero-order valence-corrected chi connectivity index (χ0v) is 17.0. The molecule has 2 rings (SSSR count). The summed E-state index contributed by atoms with van der Waals surface area (Å²) < 4.78 is 30.3. The number of benzene rings is 1. The van der Waals surface area contributed by atoms with Crippen molar-refractivity contribution < 1.29 is 22.7 Å². The van der Waals surface area contributed by atoms with E-state index in [-0.39, 0.29) is 24.9 Å². The number of amides is 1. The summed E-state index contributed by atoms with van der Waals surface area (Å²) in [6, 6.07) is 6.37. The summed E-state index contributed by atoms with van der Waals surface area (Å²) in [5.41, 5.74) is 0.758. The molecule has 150 valence electrons. The molecule has 1 unspecified atom stereocenters. The van der Waals surface area contributed by atoms with Crippen LogP contribution in [0.3, 0.4) is 0 Å². The molecule has 1 atom stereocenters. The average molecular weight is 397 g/mol. The van der Waals surface area contributed by atoms with Crippen molar-refractivity contribution >= 4 is 27.6 Å². The molecule has 0 bridgehead atoms. The number of nitrogens with zero attached hydrogens (tertiary/aromatic N) is 2. The topological polar surface area (TPSA) is 84.0 Å². The molecule has 1 aromatic carbocycles. The Morgan fingerprint density at radius 3 is 2.44 bits per heavy atom. The maximum absolute atomic E-state index is 12.7. The van der Waals surface area contributed by atoms with E-state index in [4.69, 9.17) is 0 Å². The number of esters is 1. The highest BCUT2D eigenvalue weighted by atomic mass is 32.2. The fraction of sp³-hybridized carbons (Fsp3) is 0.579. The molecule has 0 N–H and O–H groups in total. The average Bonchev–Trinajstić information content (AvgIpc) is 2.66. The van der Waals surface area contributed by atoms with Crippen molar-refractivity contribution in [1.82, 2.24) is 4.90 Å². The Morgan fingerprint density at radius 2 is 1.89 bits per heavy atom. The molecule has 0 saturated carbocycles. The minimum absolute atomic E-state index is 0.0126. The van der Waals surface area contributed by atoms with Crippen molar-refractivity contribution in [3.05, 3.63) is 29.8 Å². The van der Waals surface area contributed by atoms with Crippen LogP contribution in [-0.2, 0) is 19.6 Å². The smallest absolute Gasteiger partial charge is 0.337 e. The molecule has 1 aliphatic rings. The highest BCUT2D eigenvalue weighted by Gasteiger charge is 2.26. The summed E-state index contributed by atoms with van der Waals surface area (Å²) in [6.45, 7) is 2.88. The predicted molar refractivity (Wildman–Crippen MR) is 104 cm³/mol. The fourth-order valence-electron chi connectivity index (χ4n) is 3.46. The van der Waals surface area contributed by atoms with E-state index in [2.05, 4.69) is 11.7 Å². The second-order valence-electron chi connectivity index (χ2n) is 6.77. The van der Waals surface area contributed by atoms with Crippen molar-refractivity contribution in [2.45, 2.75) is 45.1 Å². The number of likely N-dealkylation sites (tertiary alicyclic amines) is 1. The summed E-state index contributed by atoms with van der Waals surface area (Å²) >= 11 is 0. The van der Waals surface area contributed by atoms with Crippen LogP contribution in [-0.4, -0.2) is 57.7 Å². The fourth-order valence-corrected chi connectivity index (χ4v) is 4.39. The van der Waals surface area contributed by atoms with E-state index < -0.39 is 16.0 Å². The van der Waals surface area contributed by atoms with E-state index in [0.717, 1.165) is 38.5 Å². The molecule has 1 aliphatic heterocycles. The monoisotopic (exact) mass is 396 g/mol. The Hall–Kier alpha value is -2.09. The molecule has 7 nitrogen and oxygen atoms in total. The number of methoxy groups -OCH3 is 1.